The van der Waals surface area contributed by atoms with Crippen molar-refractivity contribution in [2.24, 2.45) is 0 Å². The summed E-state index contributed by atoms with van der Waals surface area (Å²) < 4.78 is 1.76. The number of aromatic nitrogens is 2. The second-order valence-corrected chi connectivity index (χ2v) is 6.14. The minimum Gasteiger partial charge on any atom is -0.345 e. The third-order valence-corrected chi connectivity index (χ3v) is 4.39. The zero-order valence-electron chi connectivity index (χ0n) is 14.5. The van der Waals surface area contributed by atoms with Crippen molar-refractivity contribution in [1.82, 2.24) is 14.7 Å². The minimum absolute atomic E-state index is 0.275. The molecule has 0 saturated carbocycles. The molecule has 4 aromatic rings. The van der Waals surface area contributed by atoms with Gasteiger partial charge in [-0.05, 0) is 41.5 Å². The maximum atomic E-state index is 13.0. The number of carbonyl (C=O) groups excluding carboxylic acids is 2. The number of ketones is 1. The highest BCUT2D eigenvalue weighted by atomic mass is 16.2. The smallest absolute Gasteiger partial charge is 0.294 e. The number of nitrogens with one attached hydrogen (secondary N) is 1. The van der Waals surface area contributed by atoms with E-state index < -0.39 is 11.7 Å². The van der Waals surface area contributed by atoms with Gasteiger partial charge in [-0.3, -0.25) is 14.6 Å². The summed E-state index contributed by atoms with van der Waals surface area (Å²) in [6.07, 6.45) is 5.10. The van der Waals surface area contributed by atoms with Gasteiger partial charge in [0.2, 0.25) is 0 Å². The Hall–Kier alpha value is -3.73. The van der Waals surface area contributed by atoms with Gasteiger partial charge >= 0.3 is 0 Å². The van der Waals surface area contributed by atoms with Gasteiger partial charge in [0.1, 0.15) is 5.69 Å². The van der Waals surface area contributed by atoms with Crippen molar-refractivity contribution in [2.45, 2.75) is 6.54 Å². The lowest BCUT2D eigenvalue weighted by atomic mass is 10.0. The normalized spacial score (nSPS) is 10.7. The lowest BCUT2D eigenvalue weighted by Crippen LogP contribution is -2.31. The molecule has 0 aliphatic heterocycles. The average molecular weight is 355 g/mol. The Morgan fingerprint density at radius 2 is 1.67 bits per heavy atom. The maximum Gasteiger partial charge on any atom is 0.294 e. The van der Waals surface area contributed by atoms with Gasteiger partial charge in [0.05, 0.1) is 0 Å². The molecule has 0 bridgehead atoms. The molecule has 0 saturated heterocycles. The van der Waals surface area contributed by atoms with Crippen LogP contribution in [0.1, 0.15) is 16.1 Å². The number of hydrogen-bond acceptors (Lipinski definition) is 3. The number of fused-ring (bicyclic) bond motifs is 1. The summed E-state index contributed by atoms with van der Waals surface area (Å²) in [4.78, 5) is 29.5. The lowest BCUT2D eigenvalue weighted by molar-refractivity contribution is -0.117. The number of nitrogens with zero attached hydrogens (tertiary/aromatic N) is 2. The highest BCUT2D eigenvalue weighted by molar-refractivity contribution is 6.43. The number of benzene rings is 1. The number of rotatable bonds is 5. The van der Waals surface area contributed by atoms with Crippen LogP contribution in [-0.4, -0.2) is 21.1 Å². The molecule has 27 heavy (non-hydrogen) atoms. The van der Waals surface area contributed by atoms with Gasteiger partial charge in [0.15, 0.2) is 0 Å². The molecule has 132 valence electrons. The molecule has 0 spiro atoms. The number of pyridine rings is 2. The molecule has 3 aromatic heterocycles. The van der Waals surface area contributed by atoms with Gasteiger partial charge in [0.25, 0.3) is 11.7 Å². The minimum atomic E-state index is -0.632. The van der Waals surface area contributed by atoms with Crippen molar-refractivity contribution >= 4 is 17.2 Å². The topological polar surface area (TPSA) is 63.5 Å². The third-order valence-electron chi connectivity index (χ3n) is 4.39. The van der Waals surface area contributed by atoms with E-state index in [1.807, 2.05) is 54.6 Å². The molecule has 3 heterocycles. The summed E-state index contributed by atoms with van der Waals surface area (Å²) in [5, 5.41) is 2.70. The fraction of sp³-hybridized carbons (Fsp3) is 0.0455. The molecular weight excluding hydrogens is 338 g/mol. The molecule has 5 heteroatoms. The van der Waals surface area contributed by atoms with Crippen molar-refractivity contribution in [2.75, 3.05) is 0 Å². The molecular formula is C22H17N3O2. The van der Waals surface area contributed by atoms with Crippen LogP contribution in [0.25, 0.3) is 16.6 Å². The molecule has 0 aliphatic carbocycles. The molecule has 0 atom stereocenters. The summed E-state index contributed by atoms with van der Waals surface area (Å²) in [5.74, 6) is -1.19. The Kier molecular flexibility index (Phi) is 4.49. The van der Waals surface area contributed by atoms with E-state index in [9.17, 15) is 9.59 Å². The summed E-state index contributed by atoms with van der Waals surface area (Å²) in [6, 6.07) is 20.8. The Bertz CT molecular complexity index is 1100. The van der Waals surface area contributed by atoms with Crippen LogP contribution in [0.15, 0.2) is 85.3 Å². The van der Waals surface area contributed by atoms with Crippen LogP contribution >= 0.6 is 0 Å². The summed E-state index contributed by atoms with van der Waals surface area (Å²) in [7, 11) is 0. The molecule has 0 aliphatic rings. The molecule has 1 amide bonds. The van der Waals surface area contributed by atoms with E-state index in [4.69, 9.17) is 0 Å². The third kappa shape index (κ3) is 3.35. The summed E-state index contributed by atoms with van der Waals surface area (Å²) in [6.45, 7) is 0.275. The van der Waals surface area contributed by atoms with Crippen LogP contribution in [0.5, 0.6) is 0 Å². The van der Waals surface area contributed by atoms with E-state index in [1.54, 1.807) is 35.1 Å². The summed E-state index contributed by atoms with van der Waals surface area (Å²) >= 11 is 0. The monoisotopic (exact) mass is 355 g/mol. The van der Waals surface area contributed by atoms with Crippen molar-refractivity contribution < 1.29 is 9.59 Å². The number of Topliss-reactive ketones (excluding diaryl/α,β-unsaturated/α-hetero) is 1. The first-order valence-corrected chi connectivity index (χ1v) is 8.61. The molecule has 4 rings (SSSR count). The van der Waals surface area contributed by atoms with Gasteiger partial charge in [0, 0.05) is 36.2 Å². The Labute approximate surface area is 156 Å². The highest BCUT2D eigenvalue weighted by Crippen LogP contribution is 2.28. The summed E-state index contributed by atoms with van der Waals surface area (Å²) in [5.41, 5.74) is 3.75. The van der Waals surface area contributed by atoms with Gasteiger partial charge in [-0.2, -0.15) is 0 Å². The largest absolute Gasteiger partial charge is 0.345 e. The van der Waals surface area contributed by atoms with Gasteiger partial charge in [-0.1, -0.05) is 36.4 Å². The van der Waals surface area contributed by atoms with Crippen LogP contribution in [0.3, 0.4) is 0 Å². The van der Waals surface area contributed by atoms with Gasteiger partial charge in [-0.15, -0.1) is 0 Å². The fourth-order valence-electron chi connectivity index (χ4n) is 3.06. The second kappa shape index (κ2) is 7.25. The number of amides is 1. The van der Waals surface area contributed by atoms with Crippen LogP contribution in [0, 0.1) is 0 Å². The Morgan fingerprint density at radius 3 is 2.44 bits per heavy atom. The van der Waals surface area contributed by atoms with Crippen LogP contribution < -0.4 is 5.32 Å². The van der Waals surface area contributed by atoms with E-state index in [-0.39, 0.29) is 6.54 Å². The Morgan fingerprint density at radius 1 is 0.926 bits per heavy atom. The van der Waals surface area contributed by atoms with E-state index in [1.165, 1.54) is 0 Å². The predicted octanol–water partition coefficient (Wildman–Crippen LogP) is 3.50. The van der Waals surface area contributed by atoms with E-state index in [0.29, 0.717) is 5.69 Å². The maximum absolute atomic E-state index is 13.0. The quantitative estimate of drug-likeness (QED) is 0.440. The standard InChI is InChI=1S/C22H17N3O2/c26-21(22(27)24-15-16-9-11-23-12-10-16)20-19(17-6-2-1-3-7-17)14-18-8-4-5-13-25(18)20/h1-14H,15H2,(H,24,27). The zero-order valence-corrected chi connectivity index (χ0v) is 14.5. The lowest BCUT2D eigenvalue weighted by Gasteiger charge is -2.08. The van der Waals surface area contributed by atoms with Gasteiger partial charge in [-0.25, -0.2) is 0 Å². The molecule has 5 nitrogen and oxygen atoms in total. The van der Waals surface area contributed by atoms with Crippen molar-refractivity contribution in [3.8, 4) is 11.1 Å². The zero-order chi connectivity index (χ0) is 18.6. The van der Waals surface area contributed by atoms with Crippen LogP contribution in [0.2, 0.25) is 0 Å². The highest BCUT2D eigenvalue weighted by Gasteiger charge is 2.24. The SMILES string of the molecule is O=C(NCc1ccncc1)C(=O)c1c(-c2ccccc2)cc2ccccn12. The second-order valence-electron chi connectivity index (χ2n) is 6.14. The Balaban J connectivity index is 1.69. The van der Waals surface area contributed by atoms with Crippen LogP contribution in [0.4, 0.5) is 0 Å². The molecule has 0 radical (unpaired) electrons. The van der Waals surface area contributed by atoms with Gasteiger partial charge < -0.3 is 9.72 Å². The average Bonchev–Trinajstić information content (AvgIpc) is 3.12. The van der Waals surface area contributed by atoms with E-state index in [0.717, 1.165) is 22.2 Å². The van der Waals surface area contributed by atoms with Crippen LogP contribution in [-0.2, 0) is 11.3 Å². The van der Waals surface area contributed by atoms with Crippen molar-refractivity contribution in [1.29, 1.82) is 0 Å². The predicted molar refractivity (Wildman–Crippen MR) is 103 cm³/mol. The number of carbonyl (C=O) groups is 2. The molecule has 0 fully saturated rings. The molecule has 0 unspecified atom stereocenters. The fourth-order valence-corrected chi connectivity index (χ4v) is 3.06. The number of hydrogen-bond donors (Lipinski definition) is 1. The molecule has 1 N–H and O–H groups in total. The first-order valence-electron chi connectivity index (χ1n) is 8.61. The first kappa shape index (κ1) is 16.7. The molecule has 1 aromatic carbocycles. The van der Waals surface area contributed by atoms with E-state index >= 15 is 0 Å². The van der Waals surface area contributed by atoms with Crippen molar-refractivity contribution in [3.63, 3.8) is 0 Å². The van der Waals surface area contributed by atoms with Crippen molar-refractivity contribution in [3.05, 3.63) is 96.6 Å². The van der Waals surface area contributed by atoms with E-state index in [2.05, 4.69) is 10.3 Å². The first-order chi connectivity index (χ1) is 13.2.